The van der Waals surface area contributed by atoms with Crippen LogP contribution in [0.2, 0.25) is 0 Å². The van der Waals surface area contributed by atoms with Gasteiger partial charge in [-0.05, 0) is 12.8 Å². The average Bonchev–Trinajstić information content (AvgIpc) is 2.01. The van der Waals surface area contributed by atoms with Gasteiger partial charge in [0.05, 0.1) is 0 Å². The molecule has 0 atom stereocenters. The van der Waals surface area contributed by atoms with Crippen molar-refractivity contribution in [1.82, 2.24) is 0 Å². The van der Waals surface area contributed by atoms with Crippen molar-refractivity contribution >= 4 is 0 Å². The maximum atomic E-state index is 9.99. The molecule has 8 nitrogen and oxygen atoms in total. The molecule has 0 aliphatic heterocycles. The van der Waals surface area contributed by atoms with Gasteiger partial charge in [0.1, 0.15) is 0 Å². The van der Waals surface area contributed by atoms with Crippen molar-refractivity contribution < 1.29 is 19.8 Å². The molecule has 8 heteroatoms. The summed E-state index contributed by atoms with van der Waals surface area (Å²) in [5.74, 6) is -1.77. The van der Waals surface area contributed by atoms with E-state index in [4.69, 9.17) is 0 Å². The number of rotatable bonds is 6. The van der Waals surface area contributed by atoms with Crippen LogP contribution in [0.4, 0.5) is 0 Å². The van der Waals surface area contributed by atoms with Gasteiger partial charge < -0.3 is 0 Å². The third-order valence-electron chi connectivity index (χ3n) is 1.56. The highest BCUT2D eigenvalue weighted by Crippen LogP contribution is 2.22. The first-order chi connectivity index (χ1) is 5.95. The summed E-state index contributed by atoms with van der Waals surface area (Å²) in [7, 11) is 0. The lowest BCUT2D eigenvalue weighted by molar-refractivity contribution is -0.873. The van der Waals surface area contributed by atoms with E-state index in [1.165, 1.54) is 13.8 Å². The van der Waals surface area contributed by atoms with Gasteiger partial charge in [0.25, 0.3) is 16.0 Å². The van der Waals surface area contributed by atoms with Gasteiger partial charge in [-0.15, -0.1) is 20.2 Å². The number of nitrogens with zero attached hydrogens (tertiary/aromatic N) is 2. The maximum absolute atomic E-state index is 9.99. The van der Waals surface area contributed by atoms with E-state index in [-0.39, 0.29) is 12.8 Å². The predicted octanol–water partition coefficient (Wildman–Crippen LogP) is 0.919. The van der Waals surface area contributed by atoms with E-state index in [1.54, 1.807) is 0 Å². The van der Waals surface area contributed by atoms with Crippen molar-refractivity contribution in [1.29, 1.82) is 0 Å². The monoisotopic (exact) mass is 194 g/mol. The minimum Gasteiger partial charge on any atom is -0.279 e. The van der Waals surface area contributed by atoms with Crippen molar-refractivity contribution in [3.63, 3.8) is 0 Å². The fraction of sp³-hybridized carbons (Fsp3) is 1.00. The fourth-order valence-corrected chi connectivity index (χ4v) is 0.797. The van der Waals surface area contributed by atoms with Gasteiger partial charge in [0.2, 0.25) is 0 Å². The van der Waals surface area contributed by atoms with Gasteiger partial charge >= 0.3 is 0 Å². The SMILES string of the molecule is CCC(CC)(O[N+](=O)[O-])O[N+](=O)[O-]. The first kappa shape index (κ1) is 11.4. The van der Waals surface area contributed by atoms with Crippen molar-refractivity contribution in [2.24, 2.45) is 0 Å². The molecule has 0 aromatic heterocycles. The Bertz CT molecular complexity index is 183. The molecule has 0 bridgehead atoms. The van der Waals surface area contributed by atoms with E-state index in [2.05, 4.69) is 9.68 Å². The van der Waals surface area contributed by atoms with Crippen LogP contribution < -0.4 is 0 Å². The summed E-state index contributed by atoms with van der Waals surface area (Å²) in [6, 6.07) is 0. The van der Waals surface area contributed by atoms with Crippen molar-refractivity contribution in [3.05, 3.63) is 20.2 Å². The zero-order chi connectivity index (χ0) is 10.5. The highest BCUT2D eigenvalue weighted by molar-refractivity contribution is 4.60. The lowest BCUT2D eigenvalue weighted by Crippen LogP contribution is -2.38. The second-order valence-electron chi connectivity index (χ2n) is 2.25. The van der Waals surface area contributed by atoms with E-state index in [1.807, 2.05) is 0 Å². The van der Waals surface area contributed by atoms with Crippen LogP contribution >= 0.6 is 0 Å². The first-order valence-electron chi connectivity index (χ1n) is 3.63. The minimum absolute atomic E-state index is 0.0193. The van der Waals surface area contributed by atoms with Crippen molar-refractivity contribution in [2.75, 3.05) is 0 Å². The van der Waals surface area contributed by atoms with Crippen LogP contribution in [0.3, 0.4) is 0 Å². The predicted molar refractivity (Wildman–Crippen MR) is 39.5 cm³/mol. The normalized spacial score (nSPS) is 10.6. The molecule has 0 aromatic carbocycles. The molecule has 0 heterocycles. The summed E-state index contributed by atoms with van der Waals surface area (Å²) in [5, 5.41) is 17.8. The Labute approximate surface area is 73.6 Å². The molecule has 13 heavy (non-hydrogen) atoms. The molecule has 0 unspecified atom stereocenters. The molecular weight excluding hydrogens is 184 g/mol. The van der Waals surface area contributed by atoms with E-state index in [0.29, 0.717) is 0 Å². The molecule has 0 N–H and O–H groups in total. The Balaban J connectivity index is 4.48. The highest BCUT2D eigenvalue weighted by atomic mass is 17.1. The van der Waals surface area contributed by atoms with Gasteiger partial charge in [-0.2, -0.15) is 0 Å². The molecule has 0 saturated heterocycles. The summed E-state index contributed by atoms with van der Waals surface area (Å²) in [6.45, 7) is 2.99. The number of hydrogen-bond acceptors (Lipinski definition) is 6. The molecule has 0 amide bonds. The van der Waals surface area contributed by atoms with Crippen LogP contribution in [0.1, 0.15) is 26.7 Å². The van der Waals surface area contributed by atoms with Crippen LogP contribution in [0.15, 0.2) is 0 Å². The molecule has 0 aromatic rings. The zero-order valence-electron chi connectivity index (χ0n) is 7.26. The van der Waals surface area contributed by atoms with Gasteiger partial charge in [-0.3, -0.25) is 9.68 Å². The summed E-state index contributed by atoms with van der Waals surface area (Å²) in [4.78, 5) is 28.2. The maximum Gasteiger partial charge on any atom is 0.297 e. The van der Waals surface area contributed by atoms with Crippen LogP contribution in [-0.4, -0.2) is 16.0 Å². The molecule has 0 fully saturated rings. The van der Waals surface area contributed by atoms with Gasteiger partial charge in [-0.1, -0.05) is 13.8 Å². The summed E-state index contributed by atoms with van der Waals surface area (Å²) in [5.41, 5.74) is 0. The van der Waals surface area contributed by atoms with E-state index >= 15 is 0 Å². The van der Waals surface area contributed by atoms with Crippen LogP contribution in [0.5, 0.6) is 0 Å². The molecule has 0 spiro atoms. The Morgan fingerprint density at radius 2 is 1.38 bits per heavy atom. The molecule has 0 saturated carbocycles. The van der Waals surface area contributed by atoms with Crippen molar-refractivity contribution in [3.8, 4) is 0 Å². The molecule has 0 aliphatic rings. The topological polar surface area (TPSA) is 105 Å². The fourth-order valence-electron chi connectivity index (χ4n) is 0.797. The van der Waals surface area contributed by atoms with Gasteiger partial charge in [0, 0.05) is 0 Å². The lowest BCUT2D eigenvalue weighted by atomic mass is 10.1. The second-order valence-corrected chi connectivity index (χ2v) is 2.25. The Kier molecular flexibility index (Phi) is 3.89. The lowest BCUT2D eigenvalue weighted by Gasteiger charge is -2.25. The van der Waals surface area contributed by atoms with E-state index in [0.717, 1.165) is 0 Å². The first-order valence-corrected chi connectivity index (χ1v) is 3.63. The third-order valence-corrected chi connectivity index (χ3v) is 1.56. The quantitative estimate of drug-likeness (QED) is 0.353. The Morgan fingerprint density at radius 1 is 1.08 bits per heavy atom. The van der Waals surface area contributed by atoms with E-state index in [9.17, 15) is 20.2 Å². The summed E-state index contributed by atoms with van der Waals surface area (Å²) < 4.78 is 0. The Hall–Kier alpha value is -1.60. The Morgan fingerprint density at radius 3 is 1.54 bits per heavy atom. The van der Waals surface area contributed by atoms with E-state index < -0.39 is 16.0 Å². The summed E-state index contributed by atoms with van der Waals surface area (Å²) in [6.07, 6.45) is 0.0386. The average molecular weight is 194 g/mol. The van der Waals surface area contributed by atoms with Crippen LogP contribution in [0, 0.1) is 20.2 Å². The van der Waals surface area contributed by atoms with Crippen LogP contribution in [0.25, 0.3) is 0 Å². The largest absolute Gasteiger partial charge is 0.297 e. The zero-order valence-corrected chi connectivity index (χ0v) is 7.26. The van der Waals surface area contributed by atoms with Crippen molar-refractivity contribution in [2.45, 2.75) is 32.5 Å². The third kappa shape index (κ3) is 3.54. The molecular formula is C5H10N2O6. The number of hydrogen-bond donors (Lipinski definition) is 0. The molecule has 76 valence electrons. The molecule has 0 aliphatic carbocycles. The second kappa shape index (κ2) is 4.43. The van der Waals surface area contributed by atoms with Crippen LogP contribution in [-0.2, 0) is 9.68 Å². The minimum atomic E-state index is -1.77. The molecule has 0 radical (unpaired) electrons. The van der Waals surface area contributed by atoms with Gasteiger partial charge in [-0.25, -0.2) is 0 Å². The summed E-state index contributed by atoms with van der Waals surface area (Å²) >= 11 is 0. The highest BCUT2D eigenvalue weighted by Gasteiger charge is 2.35. The molecule has 0 rings (SSSR count). The smallest absolute Gasteiger partial charge is 0.279 e. The van der Waals surface area contributed by atoms with Gasteiger partial charge in [0.15, 0.2) is 0 Å². The standard InChI is InChI=1S/C5H10N2O6/c1-3-5(4-2,12-6(8)9)13-7(10)11/h3-4H2,1-2H3.